The van der Waals surface area contributed by atoms with Gasteiger partial charge >= 0.3 is 0 Å². The molecule has 0 spiro atoms. The van der Waals surface area contributed by atoms with Crippen LogP contribution in [0.15, 0.2) is 72.6 Å². The molecule has 6 nitrogen and oxygen atoms in total. The number of hydrogen-bond donors (Lipinski definition) is 3. The number of aliphatic hydroxyl groups is 1. The fourth-order valence-corrected chi connectivity index (χ4v) is 5.05. The number of aryl methyl sites for hydroxylation is 1. The SMILES string of the molecule is CC(O)c1cccc(N(C)C)c1.Cn1[nH]cc1CN1CCNCC2CC(c3ccccc3)CC=C21. The van der Waals surface area contributed by atoms with E-state index in [1.807, 2.05) is 43.3 Å². The van der Waals surface area contributed by atoms with E-state index in [0.717, 1.165) is 37.4 Å². The van der Waals surface area contributed by atoms with Crippen LogP contribution in [0.1, 0.15) is 48.6 Å². The zero-order valence-electron chi connectivity index (χ0n) is 21.6. The molecule has 2 aromatic carbocycles. The summed E-state index contributed by atoms with van der Waals surface area (Å²) < 4.78 is 2.11. The van der Waals surface area contributed by atoms with Gasteiger partial charge in [-0.05, 0) is 48.9 Å². The second kappa shape index (κ2) is 11.6. The van der Waals surface area contributed by atoms with Crippen molar-refractivity contribution in [3.8, 4) is 0 Å². The van der Waals surface area contributed by atoms with Gasteiger partial charge in [0.15, 0.2) is 0 Å². The lowest BCUT2D eigenvalue weighted by Gasteiger charge is -2.36. The molecule has 3 N–H and O–H groups in total. The Morgan fingerprint density at radius 1 is 1.09 bits per heavy atom. The fraction of sp³-hybridized carbons (Fsp3) is 0.448. The standard InChI is InChI=1S/C19H26N4.C10H15NO/c1-22-18(13-21-22)14-23-10-9-20-12-17-11-16(7-8-19(17)23)15-5-3-2-4-6-15;1-8(12)9-5-4-6-10(7-9)11(2)3/h2-6,8,13,16-17,20-21H,7,9-12,14H2,1H3;4-8,12H,1-3H3. The molecule has 3 atom stereocenters. The zero-order chi connectivity index (χ0) is 24.8. The molecule has 0 radical (unpaired) electrons. The molecule has 5 rings (SSSR count). The highest BCUT2D eigenvalue weighted by molar-refractivity contribution is 5.47. The highest BCUT2D eigenvalue weighted by Gasteiger charge is 2.30. The average molecular weight is 476 g/mol. The first kappa shape index (κ1) is 25.1. The van der Waals surface area contributed by atoms with Gasteiger partial charge in [0.25, 0.3) is 0 Å². The molecule has 2 aliphatic rings. The molecule has 0 saturated carbocycles. The summed E-state index contributed by atoms with van der Waals surface area (Å²) in [5.74, 6) is 1.30. The molecule has 3 unspecified atom stereocenters. The van der Waals surface area contributed by atoms with E-state index in [0.29, 0.717) is 11.8 Å². The zero-order valence-corrected chi connectivity index (χ0v) is 21.6. The van der Waals surface area contributed by atoms with Gasteiger partial charge in [0.05, 0.1) is 18.3 Å². The van der Waals surface area contributed by atoms with Crippen molar-refractivity contribution >= 4 is 5.69 Å². The number of aliphatic hydroxyl groups excluding tert-OH is 1. The van der Waals surface area contributed by atoms with E-state index in [4.69, 9.17) is 0 Å². The Morgan fingerprint density at radius 3 is 2.54 bits per heavy atom. The Labute approximate surface area is 210 Å². The van der Waals surface area contributed by atoms with Gasteiger partial charge in [0.1, 0.15) is 0 Å². The lowest BCUT2D eigenvalue weighted by Crippen LogP contribution is -2.32. The Kier molecular flexibility index (Phi) is 8.37. The summed E-state index contributed by atoms with van der Waals surface area (Å²) in [4.78, 5) is 4.60. The number of anilines is 1. The normalized spacial score (nSPS) is 20.7. The Hall–Kier alpha value is -2.96. The topological polar surface area (TPSA) is 59.5 Å². The van der Waals surface area contributed by atoms with Crippen LogP contribution in [0, 0.1) is 5.92 Å². The van der Waals surface area contributed by atoms with Crippen LogP contribution in [0.4, 0.5) is 5.69 Å². The minimum Gasteiger partial charge on any atom is -0.389 e. The maximum Gasteiger partial charge on any atom is 0.0762 e. The smallest absolute Gasteiger partial charge is 0.0762 e. The van der Waals surface area contributed by atoms with Crippen molar-refractivity contribution in [2.24, 2.45) is 13.0 Å². The Balaban J connectivity index is 0.000000204. The second-order valence-corrected chi connectivity index (χ2v) is 10.0. The summed E-state index contributed by atoms with van der Waals surface area (Å²) in [6.45, 7) is 6.08. The number of nitrogens with zero attached hydrogens (tertiary/aromatic N) is 3. The Bertz CT molecular complexity index is 1060. The molecule has 6 heteroatoms. The predicted molar refractivity (Wildman–Crippen MR) is 144 cm³/mol. The molecule has 1 aliphatic carbocycles. The molecule has 1 saturated heterocycles. The molecule has 0 amide bonds. The monoisotopic (exact) mass is 475 g/mol. The van der Waals surface area contributed by atoms with E-state index in [1.54, 1.807) is 12.6 Å². The van der Waals surface area contributed by atoms with Crippen molar-refractivity contribution in [3.05, 3.63) is 89.4 Å². The number of allylic oxidation sites excluding steroid dienone is 1. The van der Waals surface area contributed by atoms with Gasteiger partial charge < -0.3 is 25.3 Å². The second-order valence-electron chi connectivity index (χ2n) is 10.0. The third-order valence-electron chi connectivity index (χ3n) is 7.26. The van der Waals surface area contributed by atoms with Gasteiger partial charge in [-0.1, -0.05) is 48.5 Å². The quantitative estimate of drug-likeness (QED) is 0.503. The lowest BCUT2D eigenvalue weighted by atomic mass is 9.80. The van der Waals surface area contributed by atoms with Crippen LogP contribution in [0.3, 0.4) is 0 Å². The summed E-state index contributed by atoms with van der Waals surface area (Å²) in [6.07, 6.45) is 6.66. The first-order chi connectivity index (χ1) is 16.9. The highest BCUT2D eigenvalue weighted by atomic mass is 16.3. The summed E-state index contributed by atoms with van der Waals surface area (Å²) in [5, 5.41) is 16.1. The molecule has 188 valence electrons. The third kappa shape index (κ3) is 6.38. The van der Waals surface area contributed by atoms with Crippen LogP contribution in [0.2, 0.25) is 0 Å². The largest absolute Gasteiger partial charge is 0.389 e. The molecule has 0 bridgehead atoms. The van der Waals surface area contributed by atoms with Gasteiger partial charge in [0, 0.05) is 64.3 Å². The number of rotatable bonds is 5. The minimum absolute atomic E-state index is 0.384. The molecule has 1 aromatic heterocycles. The third-order valence-corrected chi connectivity index (χ3v) is 7.26. The number of benzene rings is 2. The van der Waals surface area contributed by atoms with Gasteiger partial charge in [-0.25, -0.2) is 0 Å². The van der Waals surface area contributed by atoms with Crippen molar-refractivity contribution in [1.82, 2.24) is 20.0 Å². The van der Waals surface area contributed by atoms with Gasteiger partial charge in [-0.15, -0.1) is 0 Å². The lowest BCUT2D eigenvalue weighted by molar-refractivity contribution is 0.199. The van der Waals surface area contributed by atoms with Crippen molar-refractivity contribution < 1.29 is 5.11 Å². The minimum atomic E-state index is -0.384. The summed E-state index contributed by atoms with van der Waals surface area (Å²) >= 11 is 0. The molecule has 3 aromatic rings. The number of H-pyrrole nitrogens is 1. The van der Waals surface area contributed by atoms with E-state index in [1.165, 1.54) is 24.1 Å². The number of nitrogens with one attached hydrogen (secondary N) is 2. The van der Waals surface area contributed by atoms with Crippen LogP contribution in [-0.4, -0.2) is 53.5 Å². The number of aromatic nitrogens is 2. The summed E-state index contributed by atoms with van der Waals surface area (Å²) in [6, 6.07) is 18.9. The number of hydrogen-bond acceptors (Lipinski definition) is 4. The van der Waals surface area contributed by atoms with Crippen molar-refractivity contribution in [2.75, 3.05) is 38.6 Å². The van der Waals surface area contributed by atoms with Crippen molar-refractivity contribution in [3.63, 3.8) is 0 Å². The van der Waals surface area contributed by atoms with Gasteiger partial charge in [0.2, 0.25) is 0 Å². The number of fused-ring (bicyclic) bond motifs is 1. The first-order valence-corrected chi connectivity index (χ1v) is 12.8. The predicted octanol–water partition coefficient (Wildman–Crippen LogP) is 4.64. The maximum atomic E-state index is 9.31. The van der Waals surface area contributed by atoms with Crippen molar-refractivity contribution in [2.45, 2.75) is 38.3 Å². The van der Waals surface area contributed by atoms with Gasteiger partial charge in [-0.2, -0.15) is 0 Å². The summed E-state index contributed by atoms with van der Waals surface area (Å²) in [5.41, 5.74) is 6.50. The Morgan fingerprint density at radius 2 is 1.89 bits per heavy atom. The number of aromatic amines is 1. The van der Waals surface area contributed by atoms with Crippen LogP contribution in [0.5, 0.6) is 0 Å². The van der Waals surface area contributed by atoms with Crippen LogP contribution in [-0.2, 0) is 13.6 Å². The molecule has 1 aliphatic heterocycles. The van der Waals surface area contributed by atoms with Crippen molar-refractivity contribution in [1.29, 1.82) is 0 Å². The molecule has 1 fully saturated rings. The van der Waals surface area contributed by atoms with Crippen LogP contribution in [0.25, 0.3) is 0 Å². The van der Waals surface area contributed by atoms with E-state index >= 15 is 0 Å². The van der Waals surface area contributed by atoms with E-state index in [9.17, 15) is 5.11 Å². The van der Waals surface area contributed by atoms with Crippen LogP contribution < -0.4 is 10.2 Å². The van der Waals surface area contributed by atoms with Gasteiger partial charge in [-0.3, -0.25) is 4.68 Å². The van der Waals surface area contributed by atoms with E-state index in [2.05, 4.69) is 69.6 Å². The molecule has 35 heavy (non-hydrogen) atoms. The highest BCUT2D eigenvalue weighted by Crippen LogP contribution is 2.38. The van der Waals surface area contributed by atoms with E-state index in [-0.39, 0.29) is 6.10 Å². The first-order valence-electron chi connectivity index (χ1n) is 12.8. The molecular weight excluding hydrogens is 434 g/mol. The molecule has 2 heterocycles. The maximum absolute atomic E-state index is 9.31. The van der Waals surface area contributed by atoms with Crippen LogP contribution >= 0.6 is 0 Å². The molecular formula is C29H41N5O. The summed E-state index contributed by atoms with van der Waals surface area (Å²) in [7, 11) is 6.06. The average Bonchev–Trinajstić information content (AvgIpc) is 3.08. The fourth-order valence-electron chi connectivity index (χ4n) is 5.05. The van der Waals surface area contributed by atoms with E-state index < -0.39 is 0 Å².